The summed E-state index contributed by atoms with van der Waals surface area (Å²) in [6.45, 7) is -0.725. The molecule has 1 N–H and O–H groups in total. The minimum Gasteiger partial charge on any atom is -0.481 e. The molecule has 0 unspecified atom stereocenters. The van der Waals surface area contributed by atoms with Crippen molar-refractivity contribution < 1.29 is 37.4 Å². The molecule has 20 heavy (non-hydrogen) atoms. The molecular formula is C12H9F3O5. The average Bonchev–Trinajstić information content (AvgIpc) is 2.34. The molecule has 8 heteroatoms. The molecule has 0 aliphatic rings. The normalized spacial score (nSPS) is 10.9. The summed E-state index contributed by atoms with van der Waals surface area (Å²) < 4.78 is 41.2. The van der Waals surface area contributed by atoms with E-state index in [-0.39, 0.29) is 5.56 Å². The number of carboxylic acids is 1. The predicted octanol–water partition coefficient (Wildman–Crippen LogP) is 1.91. The summed E-state index contributed by atoms with van der Waals surface area (Å²) in [5.74, 6) is -3.23. The molecular weight excluding hydrogens is 281 g/mol. The van der Waals surface area contributed by atoms with E-state index in [2.05, 4.69) is 4.74 Å². The van der Waals surface area contributed by atoms with Gasteiger partial charge in [-0.05, 0) is 12.1 Å². The minimum atomic E-state index is -4.50. The first-order valence-electron chi connectivity index (χ1n) is 5.28. The van der Waals surface area contributed by atoms with Crippen LogP contribution in [0, 0.1) is 0 Å². The first-order valence-corrected chi connectivity index (χ1v) is 5.28. The van der Waals surface area contributed by atoms with E-state index in [0.717, 1.165) is 24.3 Å². The molecule has 0 bridgehead atoms. The first-order chi connectivity index (χ1) is 9.20. The molecule has 1 aromatic rings. The second-order valence-corrected chi connectivity index (χ2v) is 3.73. The van der Waals surface area contributed by atoms with Crippen LogP contribution in [0.4, 0.5) is 13.2 Å². The van der Waals surface area contributed by atoms with E-state index in [1.165, 1.54) is 0 Å². The van der Waals surface area contributed by atoms with Crippen molar-refractivity contribution in [3.05, 3.63) is 35.4 Å². The van der Waals surface area contributed by atoms with Gasteiger partial charge in [-0.2, -0.15) is 13.2 Å². The lowest BCUT2D eigenvalue weighted by Crippen LogP contribution is -2.16. The van der Waals surface area contributed by atoms with Crippen molar-refractivity contribution in [1.29, 1.82) is 0 Å². The van der Waals surface area contributed by atoms with Gasteiger partial charge in [0.15, 0.2) is 12.4 Å². The maximum Gasteiger partial charge on any atom is 0.416 e. The molecule has 1 rings (SSSR count). The van der Waals surface area contributed by atoms with Crippen molar-refractivity contribution >= 4 is 17.7 Å². The Hall–Kier alpha value is -2.38. The molecule has 0 aliphatic heterocycles. The van der Waals surface area contributed by atoms with Crippen molar-refractivity contribution in [3.63, 3.8) is 0 Å². The summed E-state index contributed by atoms with van der Waals surface area (Å²) >= 11 is 0. The number of carboxylic acid groups (broad SMARTS) is 1. The third kappa shape index (κ3) is 4.71. The molecule has 0 saturated heterocycles. The van der Waals surface area contributed by atoms with Gasteiger partial charge in [0, 0.05) is 5.56 Å². The van der Waals surface area contributed by atoms with E-state index >= 15 is 0 Å². The number of halogens is 3. The largest absolute Gasteiger partial charge is 0.481 e. The van der Waals surface area contributed by atoms with Gasteiger partial charge in [0.1, 0.15) is 6.42 Å². The van der Waals surface area contributed by atoms with Crippen LogP contribution >= 0.6 is 0 Å². The van der Waals surface area contributed by atoms with Crippen LogP contribution in [-0.4, -0.2) is 29.4 Å². The van der Waals surface area contributed by atoms with Crippen LogP contribution in [0.1, 0.15) is 22.3 Å². The fourth-order valence-electron chi connectivity index (χ4n) is 1.25. The maximum absolute atomic E-state index is 12.3. The van der Waals surface area contributed by atoms with E-state index < -0.39 is 42.5 Å². The number of aliphatic carboxylic acids is 1. The highest BCUT2D eigenvalue weighted by atomic mass is 19.4. The molecule has 0 amide bonds. The lowest BCUT2D eigenvalue weighted by atomic mass is 10.1. The van der Waals surface area contributed by atoms with Crippen molar-refractivity contribution in [2.75, 3.05) is 6.61 Å². The molecule has 0 aliphatic carbocycles. The summed E-state index contributed by atoms with van der Waals surface area (Å²) in [5.41, 5.74) is -0.974. The van der Waals surface area contributed by atoms with Crippen molar-refractivity contribution in [2.45, 2.75) is 12.6 Å². The molecule has 0 spiro atoms. The predicted molar refractivity (Wildman–Crippen MR) is 59.0 cm³/mol. The van der Waals surface area contributed by atoms with E-state index in [4.69, 9.17) is 5.11 Å². The number of ketones is 1. The Bertz CT molecular complexity index is 519. The van der Waals surface area contributed by atoms with Gasteiger partial charge in [0.25, 0.3) is 0 Å². The zero-order valence-corrected chi connectivity index (χ0v) is 9.94. The number of rotatable bonds is 5. The molecule has 5 nitrogen and oxygen atoms in total. The fourth-order valence-corrected chi connectivity index (χ4v) is 1.25. The number of alkyl halides is 3. The van der Waals surface area contributed by atoms with Gasteiger partial charge in [0.05, 0.1) is 5.56 Å². The van der Waals surface area contributed by atoms with E-state index in [1.807, 2.05) is 0 Å². The molecule has 0 radical (unpaired) electrons. The Morgan fingerprint density at radius 2 is 1.65 bits per heavy atom. The molecule has 0 fully saturated rings. The van der Waals surface area contributed by atoms with Crippen LogP contribution in [-0.2, 0) is 20.5 Å². The quantitative estimate of drug-likeness (QED) is 0.509. The smallest absolute Gasteiger partial charge is 0.416 e. The number of benzene rings is 1. The zero-order valence-electron chi connectivity index (χ0n) is 9.94. The van der Waals surface area contributed by atoms with Gasteiger partial charge in [0.2, 0.25) is 0 Å². The molecule has 0 heterocycles. The monoisotopic (exact) mass is 290 g/mol. The van der Waals surface area contributed by atoms with Crippen LogP contribution in [0.25, 0.3) is 0 Å². The Labute approximate surface area is 111 Å². The Morgan fingerprint density at radius 1 is 1.10 bits per heavy atom. The van der Waals surface area contributed by atoms with Gasteiger partial charge in [-0.3, -0.25) is 14.4 Å². The van der Waals surface area contributed by atoms with Gasteiger partial charge in [-0.1, -0.05) is 12.1 Å². The van der Waals surface area contributed by atoms with Gasteiger partial charge in [-0.25, -0.2) is 0 Å². The van der Waals surface area contributed by atoms with Crippen LogP contribution < -0.4 is 0 Å². The second-order valence-electron chi connectivity index (χ2n) is 3.73. The van der Waals surface area contributed by atoms with E-state index in [9.17, 15) is 27.6 Å². The average molecular weight is 290 g/mol. The Balaban J connectivity index is 2.60. The van der Waals surface area contributed by atoms with Crippen molar-refractivity contribution in [1.82, 2.24) is 0 Å². The van der Waals surface area contributed by atoms with Crippen molar-refractivity contribution in [2.24, 2.45) is 0 Å². The van der Waals surface area contributed by atoms with Crippen LogP contribution in [0.2, 0.25) is 0 Å². The molecule has 0 saturated carbocycles. The van der Waals surface area contributed by atoms with Crippen LogP contribution in [0.15, 0.2) is 24.3 Å². The summed E-state index contributed by atoms with van der Waals surface area (Å²) in [6, 6.07) is 3.37. The Kier molecular flexibility index (Phi) is 4.84. The fraction of sp³-hybridized carbons (Fsp3) is 0.250. The van der Waals surface area contributed by atoms with E-state index in [0.29, 0.717) is 0 Å². The Morgan fingerprint density at radius 3 is 2.10 bits per heavy atom. The van der Waals surface area contributed by atoms with Crippen LogP contribution in [0.3, 0.4) is 0 Å². The summed E-state index contributed by atoms with van der Waals surface area (Å²) in [6.07, 6.45) is -5.39. The molecule has 108 valence electrons. The number of Topliss-reactive ketones (excluding diaryl/α,β-unsaturated/α-hetero) is 1. The highest BCUT2D eigenvalue weighted by Crippen LogP contribution is 2.29. The highest BCUT2D eigenvalue weighted by molar-refractivity contribution is 5.98. The maximum atomic E-state index is 12.3. The number of esters is 1. The third-order valence-electron chi connectivity index (χ3n) is 2.19. The molecule has 0 atom stereocenters. The number of hydrogen-bond donors (Lipinski definition) is 1. The summed E-state index contributed by atoms with van der Waals surface area (Å²) in [4.78, 5) is 32.5. The standard InChI is InChI=1S/C12H9F3O5/c13-12(14,15)8-3-1-7(2-4-8)9(16)6-20-11(19)5-10(17)18/h1-4H,5-6H2,(H,17,18). The summed E-state index contributed by atoms with van der Waals surface area (Å²) in [5, 5.41) is 8.28. The number of hydrogen-bond acceptors (Lipinski definition) is 4. The van der Waals surface area contributed by atoms with Gasteiger partial charge in [-0.15, -0.1) is 0 Å². The van der Waals surface area contributed by atoms with Crippen molar-refractivity contribution in [3.8, 4) is 0 Å². The number of ether oxygens (including phenoxy) is 1. The van der Waals surface area contributed by atoms with Gasteiger partial charge >= 0.3 is 18.1 Å². The first kappa shape index (κ1) is 15.7. The molecule has 1 aromatic carbocycles. The second kappa shape index (κ2) is 6.18. The lowest BCUT2D eigenvalue weighted by molar-refractivity contribution is -0.150. The molecule has 0 aromatic heterocycles. The highest BCUT2D eigenvalue weighted by Gasteiger charge is 2.30. The van der Waals surface area contributed by atoms with Crippen LogP contribution in [0.5, 0.6) is 0 Å². The third-order valence-corrected chi connectivity index (χ3v) is 2.19. The number of carbonyl (C=O) groups is 3. The summed E-state index contributed by atoms with van der Waals surface area (Å²) in [7, 11) is 0. The lowest BCUT2D eigenvalue weighted by Gasteiger charge is -2.07. The van der Waals surface area contributed by atoms with Gasteiger partial charge < -0.3 is 9.84 Å². The van der Waals surface area contributed by atoms with E-state index in [1.54, 1.807) is 0 Å². The topological polar surface area (TPSA) is 80.7 Å². The zero-order chi connectivity index (χ0) is 15.3. The number of carbonyl (C=O) groups excluding carboxylic acids is 2. The SMILES string of the molecule is O=C(O)CC(=O)OCC(=O)c1ccc(C(F)(F)F)cc1. The minimum absolute atomic E-state index is 0.0684.